The van der Waals surface area contributed by atoms with E-state index in [1.54, 1.807) is 19.1 Å². The highest BCUT2D eigenvalue weighted by Gasteiger charge is 2.26. The zero-order valence-corrected chi connectivity index (χ0v) is 11.1. The molecule has 2 aromatic rings. The molecule has 0 radical (unpaired) electrons. The lowest BCUT2D eigenvalue weighted by molar-refractivity contribution is 0.618. The van der Waals surface area contributed by atoms with Crippen molar-refractivity contribution in [2.45, 2.75) is 25.7 Å². The van der Waals surface area contributed by atoms with E-state index in [-0.39, 0.29) is 5.82 Å². The highest BCUT2D eigenvalue weighted by Crippen LogP contribution is 2.40. The molecule has 3 nitrogen and oxygen atoms in total. The Bertz CT molecular complexity index is 621. The maximum atomic E-state index is 13.3. The van der Waals surface area contributed by atoms with Crippen LogP contribution in [0, 0.1) is 12.7 Å². The van der Waals surface area contributed by atoms with Gasteiger partial charge in [-0.1, -0.05) is 0 Å². The second kappa shape index (κ2) is 4.61. The fraction of sp³-hybridized carbons (Fsp3) is 0.333. The van der Waals surface area contributed by atoms with Crippen LogP contribution in [0.1, 0.15) is 30.0 Å². The summed E-state index contributed by atoms with van der Waals surface area (Å²) in [4.78, 5) is 9.07. The van der Waals surface area contributed by atoms with Crippen molar-refractivity contribution < 1.29 is 4.39 Å². The summed E-state index contributed by atoms with van der Waals surface area (Å²) >= 11 is 0. The van der Waals surface area contributed by atoms with Gasteiger partial charge >= 0.3 is 0 Å². The van der Waals surface area contributed by atoms with E-state index in [0.29, 0.717) is 17.3 Å². The van der Waals surface area contributed by atoms with Gasteiger partial charge in [0.1, 0.15) is 11.6 Å². The molecule has 1 aromatic heterocycles. The predicted octanol–water partition coefficient (Wildman–Crippen LogP) is 3.51. The van der Waals surface area contributed by atoms with Crippen molar-refractivity contribution in [3.8, 4) is 11.4 Å². The van der Waals surface area contributed by atoms with Gasteiger partial charge in [0, 0.05) is 30.3 Å². The molecule has 0 saturated heterocycles. The topological polar surface area (TPSA) is 37.8 Å². The lowest BCUT2D eigenvalue weighted by atomic mass is 10.1. The largest absolute Gasteiger partial charge is 0.373 e. The minimum Gasteiger partial charge on any atom is -0.373 e. The Morgan fingerprint density at radius 2 is 2.00 bits per heavy atom. The second-order valence-electron chi connectivity index (χ2n) is 4.99. The molecule has 1 aliphatic carbocycles. The molecule has 1 aromatic carbocycles. The molecule has 1 fully saturated rings. The first-order valence-corrected chi connectivity index (χ1v) is 6.50. The number of halogens is 1. The molecule has 0 amide bonds. The van der Waals surface area contributed by atoms with Gasteiger partial charge in [-0.3, -0.25) is 0 Å². The monoisotopic (exact) mass is 257 g/mol. The van der Waals surface area contributed by atoms with Crippen LogP contribution in [0.15, 0.2) is 24.3 Å². The standard InChI is InChI=1S/C15H16FN3/c1-9-7-11(5-6-12(9)16)15-18-13(10-3-4-10)8-14(17-2)19-15/h5-8,10H,3-4H2,1-2H3,(H,17,18,19). The summed E-state index contributed by atoms with van der Waals surface area (Å²) in [6.07, 6.45) is 2.39. The average Bonchev–Trinajstić information content (AvgIpc) is 3.26. The van der Waals surface area contributed by atoms with Crippen LogP contribution in [0.4, 0.5) is 10.2 Å². The van der Waals surface area contributed by atoms with Crippen molar-refractivity contribution in [2.75, 3.05) is 12.4 Å². The molecule has 0 aliphatic heterocycles. The third kappa shape index (κ3) is 2.43. The first-order valence-electron chi connectivity index (χ1n) is 6.50. The van der Waals surface area contributed by atoms with Crippen LogP contribution in [0.3, 0.4) is 0 Å². The van der Waals surface area contributed by atoms with E-state index >= 15 is 0 Å². The van der Waals surface area contributed by atoms with E-state index in [0.717, 1.165) is 17.1 Å². The number of anilines is 1. The van der Waals surface area contributed by atoms with Crippen LogP contribution < -0.4 is 5.32 Å². The zero-order chi connectivity index (χ0) is 13.4. The Morgan fingerprint density at radius 3 is 2.63 bits per heavy atom. The van der Waals surface area contributed by atoms with Crippen molar-refractivity contribution in [1.29, 1.82) is 0 Å². The molecule has 1 saturated carbocycles. The zero-order valence-electron chi connectivity index (χ0n) is 11.1. The van der Waals surface area contributed by atoms with Crippen molar-refractivity contribution in [3.63, 3.8) is 0 Å². The van der Waals surface area contributed by atoms with Crippen molar-refractivity contribution in [2.24, 2.45) is 0 Å². The molecule has 1 N–H and O–H groups in total. The number of nitrogens with zero attached hydrogens (tertiary/aromatic N) is 2. The Morgan fingerprint density at radius 1 is 1.21 bits per heavy atom. The van der Waals surface area contributed by atoms with Gasteiger partial charge in [0.05, 0.1) is 0 Å². The molecule has 1 heterocycles. The van der Waals surface area contributed by atoms with Crippen LogP contribution in [0.5, 0.6) is 0 Å². The van der Waals surface area contributed by atoms with E-state index in [1.165, 1.54) is 18.9 Å². The molecule has 0 spiro atoms. The summed E-state index contributed by atoms with van der Waals surface area (Å²) in [6, 6.07) is 6.99. The first kappa shape index (κ1) is 12.1. The van der Waals surface area contributed by atoms with E-state index in [1.807, 2.05) is 13.1 Å². The summed E-state index contributed by atoms with van der Waals surface area (Å²) in [5.41, 5.74) is 2.55. The lowest BCUT2D eigenvalue weighted by Crippen LogP contribution is -2.00. The summed E-state index contributed by atoms with van der Waals surface area (Å²) in [5, 5.41) is 3.06. The third-order valence-corrected chi connectivity index (χ3v) is 3.41. The SMILES string of the molecule is CNc1cc(C2CC2)nc(-c2ccc(F)c(C)c2)n1. The van der Waals surface area contributed by atoms with Crippen LogP contribution in [0.2, 0.25) is 0 Å². The number of hydrogen-bond acceptors (Lipinski definition) is 3. The summed E-state index contributed by atoms with van der Waals surface area (Å²) in [5.74, 6) is 1.84. The van der Waals surface area contributed by atoms with Gasteiger partial charge < -0.3 is 5.32 Å². The minimum atomic E-state index is -0.198. The first-order chi connectivity index (χ1) is 9.17. The van der Waals surface area contributed by atoms with Crippen molar-refractivity contribution >= 4 is 5.82 Å². The maximum absolute atomic E-state index is 13.3. The van der Waals surface area contributed by atoms with Crippen LogP contribution in [-0.4, -0.2) is 17.0 Å². The van der Waals surface area contributed by atoms with Crippen LogP contribution in [0.25, 0.3) is 11.4 Å². The summed E-state index contributed by atoms with van der Waals surface area (Å²) in [6.45, 7) is 1.75. The average molecular weight is 257 g/mol. The Balaban J connectivity index is 2.07. The highest BCUT2D eigenvalue weighted by molar-refractivity contribution is 5.59. The molecular formula is C15H16FN3. The minimum absolute atomic E-state index is 0.198. The highest BCUT2D eigenvalue weighted by atomic mass is 19.1. The quantitative estimate of drug-likeness (QED) is 0.914. The van der Waals surface area contributed by atoms with E-state index in [9.17, 15) is 4.39 Å². The van der Waals surface area contributed by atoms with Crippen molar-refractivity contribution in [1.82, 2.24) is 9.97 Å². The Kier molecular flexibility index (Phi) is 2.93. The van der Waals surface area contributed by atoms with Gasteiger partial charge in [-0.15, -0.1) is 0 Å². The molecule has 0 atom stereocenters. The second-order valence-corrected chi connectivity index (χ2v) is 4.99. The molecule has 1 aliphatic rings. The number of aryl methyl sites for hydroxylation is 1. The van der Waals surface area contributed by atoms with Gasteiger partial charge in [0.2, 0.25) is 0 Å². The molecule has 3 rings (SSSR count). The van der Waals surface area contributed by atoms with Crippen molar-refractivity contribution in [3.05, 3.63) is 41.3 Å². The fourth-order valence-electron chi connectivity index (χ4n) is 2.10. The molecule has 4 heteroatoms. The van der Waals surface area contributed by atoms with Gasteiger partial charge in [0.15, 0.2) is 5.82 Å². The molecule has 98 valence electrons. The predicted molar refractivity (Wildman–Crippen MR) is 73.7 cm³/mol. The Hall–Kier alpha value is -1.97. The summed E-state index contributed by atoms with van der Waals surface area (Å²) < 4.78 is 13.3. The third-order valence-electron chi connectivity index (χ3n) is 3.41. The fourth-order valence-corrected chi connectivity index (χ4v) is 2.10. The Labute approximate surface area is 111 Å². The summed E-state index contributed by atoms with van der Waals surface area (Å²) in [7, 11) is 1.85. The van der Waals surface area contributed by atoms with Crippen LogP contribution >= 0.6 is 0 Å². The number of aromatic nitrogens is 2. The van der Waals surface area contributed by atoms with E-state index < -0.39 is 0 Å². The van der Waals surface area contributed by atoms with E-state index in [4.69, 9.17) is 0 Å². The van der Waals surface area contributed by atoms with Gasteiger partial charge in [0.25, 0.3) is 0 Å². The number of rotatable bonds is 3. The number of benzene rings is 1. The molecular weight excluding hydrogens is 241 g/mol. The van der Waals surface area contributed by atoms with Gasteiger partial charge in [-0.05, 0) is 43.5 Å². The smallest absolute Gasteiger partial charge is 0.161 e. The van der Waals surface area contributed by atoms with Gasteiger partial charge in [-0.2, -0.15) is 0 Å². The van der Waals surface area contributed by atoms with Gasteiger partial charge in [-0.25, -0.2) is 14.4 Å². The molecule has 0 unspecified atom stereocenters. The number of nitrogens with one attached hydrogen (secondary N) is 1. The maximum Gasteiger partial charge on any atom is 0.161 e. The molecule has 0 bridgehead atoms. The number of hydrogen-bond donors (Lipinski definition) is 1. The molecule has 19 heavy (non-hydrogen) atoms. The van der Waals surface area contributed by atoms with Crippen LogP contribution in [-0.2, 0) is 0 Å². The normalized spacial score (nSPS) is 14.5. The van der Waals surface area contributed by atoms with E-state index in [2.05, 4.69) is 15.3 Å². The lowest BCUT2D eigenvalue weighted by Gasteiger charge is -2.08.